The molecule has 2 rings (SSSR count). The van der Waals surface area contributed by atoms with Gasteiger partial charge in [0.15, 0.2) is 5.12 Å². The molecular formula is C26H31FN4O6S. The molecule has 3 N–H and O–H groups in total. The zero-order valence-corrected chi connectivity index (χ0v) is 22.4. The summed E-state index contributed by atoms with van der Waals surface area (Å²) in [7, 11) is 0. The highest BCUT2D eigenvalue weighted by atomic mass is 32.2. The number of carbonyl (C=O) groups is 5. The molecule has 12 heteroatoms. The minimum absolute atomic E-state index is 0.0316. The molecule has 2 heterocycles. The highest BCUT2D eigenvalue weighted by molar-refractivity contribution is 8.13. The smallest absolute Gasteiger partial charge is 0.333 e. The number of fused-ring (bicyclic) bond motifs is 2. The van der Waals surface area contributed by atoms with Crippen LogP contribution in [-0.2, 0) is 30.5 Å². The van der Waals surface area contributed by atoms with Crippen molar-refractivity contribution in [2.45, 2.75) is 59.2 Å². The van der Waals surface area contributed by atoms with E-state index in [4.69, 9.17) is 4.74 Å². The summed E-state index contributed by atoms with van der Waals surface area (Å²) in [6, 6.07) is 0.980. The second-order valence-electron chi connectivity index (χ2n) is 8.49. The van der Waals surface area contributed by atoms with Crippen LogP contribution >= 0.6 is 11.8 Å². The number of cyclic esters (lactones) is 1. The summed E-state index contributed by atoms with van der Waals surface area (Å²) in [5.74, 6) is -3.15. The molecule has 0 aliphatic carbocycles. The number of rotatable bonds is 5. The van der Waals surface area contributed by atoms with Gasteiger partial charge in [-0.1, -0.05) is 35.6 Å². The van der Waals surface area contributed by atoms with E-state index in [2.05, 4.69) is 20.9 Å². The van der Waals surface area contributed by atoms with Gasteiger partial charge < -0.3 is 20.7 Å². The van der Waals surface area contributed by atoms with Crippen molar-refractivity contribution in [3.05, 3.63) is 64.9 Å². The minimum Gasteiger partial charge on any atom is -0.456 e. The van der Waals surface area contributed by atoms with Gasteiger partial charge in [0, 0.05) is 12.7 Å². The van der Waals surface area contributed by atoms with E-state index < -0.39 is 41.7 Å². The van der Waals surface area contributed by atoms with Crippen molar-refractivity contribution in [3.8, 4) is 0 Å². The van der Waals surface area contributed by atoms with Gasteiger partial charge in [0.25, 0.3) is 11.8 Å². The van der Waals surface area contributed by atoms with Gasteiger partial charge in [0.05, 0.1) is 18.7 Å². The second-order valence-corrected chi connectivity index (χ2v) is 9.76. The minimum atomic E-state index is -1.21. The number of aromatic nitrogens is 1. The lowest BCUT2D eigenvalue weighted by Crippen LogP contribution is -2.45. The van der Waals surface area contributed by atoms with Crippen molar-refractivity contribution in [1.82, 2.24) is 20.9 Å². The Morgan fingerprint density at radius 3 is 2.58 bits per heavy atom. The number of pyridine rings is 1. The third kappa shape index (κ3) is 9.92. The average molecular weight is 547 g/mol. The number of amides is 3. The predicted molar refractivity (Wildman–Crippen MR) is 140 cm³/mol. The van der Waals surface area contributed by atoms with Crippen molar-refractivity contribution in [2.24, 2.45) is 0 Å². The van der Waals surface area contributed by atoms with E-state index in [-0.39, 0.29) is 35.2 Å². The van der Waals surface area contributed by atoms with Gasteiger partial charge in [-0.25, -0.2) is 14.2 Å². The Morgan fingerprint density at radius 1 is 1.18 bits per heavy atom. The number of thioether (sulfide) groups is 1. The predicted octanol–water partition coefficient (Wildman–Crippen LogP) is 2.46. The Balaban J connectivity index is 2.41. The lowest BCUT2D eigenvalue weighted by Gasteiger charge is -2.21. The van der Waals surface area contributed by atoms with Crippen LogP contribution in [0.1, 0.15) is 56.7 Å². The van der Waals surface area contributed by atoms with Crippen molar-refractivity contribution < 1.29 is 33.1 Å². The molecule has 0 aromatic carbocycles. The van der Waals surface area contributed by atoms with Crippen LogP contribution in [0.4, 0.5) is 4.39 Å². The van der Waals surface area contributed by atoms with Gasteiger partial charge in [-0.2, -0.15) is 0 Å². The summed E-state index contributed by atoms with van der Waals surface area (Å²) in [5, 5.41) is 7.42. The van der Waals surface area contributed by atoms with E-state index in [9.17, 15) is 28.4 Å². The van der Waals surface area contributed by atoms with E-state index in [1.165, 1.54) is 32.1 Å². The zero-order valence-electron chi connectivity index (χ0n) is 21.6. The number of ether oxygens (including phenoxy) is 1. The molecule has 38 heavy (non-hydrogen) atoms. The number of esters is 1. The first kappa shape index (κ1) is 30.4. The van der Waals surface area contributed by atoms with E-state index in [1.807, 2.05) is 0 Å². The maximum absolute atomic E-state index is 14.3. The van der Waals surface area contributed by atoms with E-state index in [0.717, 1.165) is 23.9 Å². The molecule has 0 spiro atoms. The standard InChI is InChI=1S/C26H31FN4O6S/c1-5-19-24(34)31-21(12-15(2)3)26(36)37-17(8-6-7-11-38-16(4)32)13-23(33)28-14-22-18(27)9-10-20(29-22)25(35)30-19/h5-6,8-10,12,17,21H,7,11,13-14H2,1-4H3,(H,28,33)(H,30,35)(H,31,34)/b8-6+,19-5-/t17-,21?/m1/s1. The monoisotopic (exact) mass is 546 g/mol. The maximum Gasteiger partial charge on any atom is 0.333 e. The van der Waals surface area contributed by atoms with Crippen LogP contribution in [0.3, 0.4) is 0 Å². The Labute approximate surface area is 224 Å². The summed E-state index contributed by atoms with van der Waals surface area (Å²) in [6.07, 6.45) is 5.23. The molecule has 2 bridgehead atoms. The lowest BCUT2D eigenvalue weighted by molar-refractivity contribution is -0.150. The van der Waals surface area contributed by atoms with E-state index in [1.54, 1.807) is 19.9 Å². The number of halogens is 1. The topological polar surface area (TPSA) is 144 Å². The number of allylic oxidation sites excluding steroid dienone is 3. The van der Waals surface area contributed by atoms with Crippen molar-refractivity contribution in [2.75, 3.05) is 5.75 Å². The highest BCUT2D eigenvalue weighted by Crippen LogP contribution is 2.11. The van der Waals surface area contributed by atoms with Gasteiger partial charge in [0.1, 0.15) is 29.4 Å². The van der Waals surface area contributed by atoms with Crippen molar-refractivity contribution in [3.63, 3.8) is 0 Å². The van der Waals surface area contributed by atoms with Crippen LogP contribution in [0.25, 0.3) is 0 Å². The molecule has 1 aromatic rings. The first-order valence-corrected chi connectivity index (χ1v) is 12.8. The second kappa shape index (κ2) is 14.8. The Bertz CT molecular complexity index is 1180. The first-order chi connectivity index (χ1) is 18.0. The molecule has 0 saturated carbocycles. The number of nitrogens with zero attached hydrogens (tertiary/aromatic N) is 1. The molecule has 3 amide bonds. The largest absolute Gasteiger partial charge is 0.456 e. The number of nitrogens with one attached hydrogen (secondary N) is 3. The fourth-order valence-electron chi connectivity index (χ4n) is 3.23. The Morgan fingerprint density at radius 2 is 1.92 bits per heavy atom. The van der Waals surface area contributed by atoms with Gasteiger partial charge in [-0.3, -0.25) is 19.2 Å². The van der Waals surface area contributed by atoms with Gasteiger partial charge in [-0.05, 0) is 45.4 Å². The Kier molecular flexibility index (Phi) is 11.9. The fraction of sp³-hybridized carbons (Fsp3) is 0.385. The summed E-state index contributed by atoms with van der Waals surface area (Å²) in [6.45, 7) is 6.12. The van der Waals surface area contributed by atoms with Crippen molar-refractivity contribution >= 4 is 40.6 Å². The number of hydrogen-bond acceptors (Lipinski definition) is 8. The van der Waals surface area contributed by atoms with Crippen LogP contribution in [0.2, 0.25) is 0 Å². The SMILES string of the molecule is C/C=C1\NC(=O)c2ccc(F)c(n2)CNC(=O)C[C@@H](/C=C/CCSC(C)=O)OC(=O)C(C=C(C)C)NC1=O. The molecule has 0 fully saturated rings. The zero-order chi connectivity index (χ0) is 28.2. The molecule has 1 unspecified atom stereocenters. The van der Waals surface area contributed by atoms with Gasteiger partial charge in [0.2, 0.25) is 5.91 Å². The molecule has 1 aromatic heterocycles. The van der Waals surface area contributed by atoms with Crippen LogP contribution in [0, 0.1) is 5.82 Å². The van der Waals surface area contributed by atoms with E-state index in [0.29, 0.717) is 17.7 Å². The molecule has 204 valence electrons. The molecular weight excluding hydrogens is 515 g/mol. The molecule has 1 aliphatic heterocycles. The number of hydrogen-bond donors (Lipinski definition) is 3. The highest BCUT2D eigenvalue weighted by Gasteiger charge is 2.26. The molecule has 10 nitrogen and oxygen atoms in total. The van der Waals surface area contributed by atoms with E-state index >= 15 is 0 Å². The quantitative estimate of drug-likeness (QED) is 0.221. The van der Waals surface area contributed by atoms with Gasteiger partial charge >= 0.3 is 5.97 Å². The lowest BCUT2D eigenvalue weighted by atomic mass is 10.1. The average Bonchev–Trinajstić information content (AvgIpc) is 2.84. The summed E-state index contributed by atoms with van der Waals surface area (Å²) >= 11 is 1.14. The Hall–Kier alpha value is -3.80. The third-order valence-electron chi connectivity index (χ3n) is 5.02. The normalized spacial score (nSPS) is 20.4. The maximum atomic E-state index is 14.3. The van der Waals surface area contributed by atoms with Crippen LogP contribution in [0.5, 0.6) is 0 Å². The summed E-state index contributed by atoms with van der Waals surface area (Å²) in [5.41, 5.74) is 0.210. The van der Waals surface area contributed by atoms with Crippen LogP contribution in [0.15, 0.2) is 47.7 Å². The third-order valence-corrected chi connectivity index (χ3v) is 5.87. The van der Waals surface area contributed by atoms with Crippen molar-refractivity contribution in [1.29, 1.82) is 0 Å². The summed E-state index contributed by atoms with van der Waals surface area (Å²) in [4.78, 5) is 66.4. The molecule has 1 aliphatic rings. The molecule has 2 atom stereocenters. The molecule has 0 saturated heterocycles. The summed E-state index contributed by atoms with van der Waals surface area (Å²) < 4.78 is 19.8. The first-order valence-electron chi connectivity index (χ1n) is 11.9. The van der Waals surface area contributed by atoms with Crippen LogP contribution < -0.4 is 16.0 Å². The van der Waals surface area contributed by atoms with Gasteiger partial charge in [-0.15, -0.1) is 0 Å². The van der Waals surface area contributed by atoms with Crippen LogP contribution in [-0.4, -0.2) is 51.7 Å². The number of carbonyl (C=O) groups excluding carboxylic acids is 5. The fourth-order valence-corrected chi connectivity index (χ4v) is 3.77. The molecule has 0 radical (unpaired) electrons.